The highest BCUT2D eigenvalue weighted by molar-refractivity contribution is 6.30. The third-order valence-corrected chi connectivity index (χ3v) is 4.44. The first-order valence-corrected chi connectivity index (χ1v) is 8.00. The van der Waals surface area contributed by atoms with Crippen LogP contribution in [0.3, 0.4) is 0 Å². The number of carbonyl (C=O) groups excluding carboxylic acids is 1. The molecule has 4 rings (SSSR count). The first-order chi connectivity index (χ1) is 11.2. The van der Waals surface area contributed by atoms with Gasteiger partial charge in [0.2, 0.25) is 5.91 Å². The highest BCUT2D eigenvalue weighted by Crippen LogP contribution is 2.30. The summed E-state index contributed by atoms with van der Waals surface area (Å²) in [6.07, 6.45) is 6.86. The highest BCUT2D eigenvalue weighted by Gasteiger charge is 2.16. The maximum atomic E-state index is 12.2. The van der Waals surface area contributed by atoms with Crippen molar-refractivity contribution in [1.29, 1.82) is 0 Å². The Labute approximate surface area is 138 Å². The minimum absolute atomic E-state index is 0.122. The summed E-state index contributed by atoms with van der Waals surface area (Å²) in [7, 11) is 0. The van der Waals surface area contributed by atoms with Crippen LogP contribution in [-0.2, 0) is 24.1 Å². The van der Waals surface area contributed by atoms with Crippen molar-refractivity contribution in [2.24, 2.45) is 0 Å². The Morgan fingerprint density at radius 3 is 2.87 bits per heavy atom. The third kappa shape index (κ3) is 2.82. The highest BCUT2D eigenvalue weighted by atomic mass is 35.5. The van der Waals surface area contributed by atoms with Gasteiger partial charge in [-0.15, -0.1) is 0 Å². The molecular weight excluding hydrogens is 312 g/mol. The van der Waals surface area contributed by atoms with Crippen molar-refractivity contribution in [3.8, 4) is 0 Å². The summed E-state index contributed by atoms with van der Waals surface area (Å²) >= 11 is 5.79. The van der Waals surface area contributed by atoms with Crippen LogP contribution in [0.5, 0.6) is 0 Å². The maximum absolute atomic E-state index is 12.2. The van der Waals surface area contributed by atoms with Gasteiger partial charge in [0.05, 0.1) is 17.7 Å². The van der Waals surface area contributed by atoms with E-state index in [0.29, 0.717) is 10.8 Å². The number of carbonyl (C=O) groups is 1. The number of pyridine rings is 1. The fraction of sp³-hybridized carbons (Fsp3) is 0.222. The van der Waals surface area contributed by atoms with Gasteiger partial charge in [0.25, 0.3) is 0 Å². The van der Waals surface area contributed by atoms with Gasteiger partial charge < -0.3 is 9.73 Å². The number of halogens is 1. The molecule has 0 bridgehead atoms. The van der Waals surface area contributed by atoms with E-state index in [9.17, 15) is 4.79 Å². The normalized spacial score (nSPS) is 13.3. The zero-order valence-corrected chi connectivity index (χ0v) is 13.2. The molecule has 116 valence electrons. The van der Waals surface area contributed by atoms with Gasteiger partial charge in [0.15, 0.2) is 0 Å². The van der Waals surface area contributed by atoms with Gasteiger partial charge in [0, 0.05) is 17.1 Å². The van der Waals surface area contributed by atoms with Crippen molar-refractivity contribution in [2.45, 2.75) is 25.7 Å². The summed E-state index contributed by atoms with van der Waals surface area (Å²) in [6, 6.07) is 7.66. The van der Waals surface area contributed by atoms with Crippen LogP contribution in [0.4, 0.5) is 5.82 Å². The Balaban J connectivity index is 1.55. The number of rotatable bonds is 3. The third-order valence-electron chi connectivity index (χ3n) is 4.21. The van der Waals surface area contributed by atoms with E-state index in [0.717, 1.165) is 29.4 Å². The number of hydrogen-bond acceptors (Lipinski definition) is 3. The molecule has 3 aromatic rings. The van der Waals surface area contributed by atoms with Gasteiger partial charge in [-0.25, -0.2) is 4.98 Å². The van der Waals surface area contributed by atoms with Gasteiger partial charge in [-0.1, -0.05) is 11.6 Å². The van der Waals surface area contributed by atoms with Crippen LogP contribution in [0, 0.1) is 0 Å². The number of nitrogens with one attached hydrogen (secondary N) is 1. The van der Waals surface area contributed by atoms with E-state index in [1.807, 2.05) is 0 Å². The number of benzene rings is 1. The molecule has 0 spiro atoms. The molecule has 0 saturated carbocycles. The second-order valence-electron chi connectivity index (χ2n) is 5.82. The molecule has 1 amide bonds. The fourth-order valence-corrected chi connectivity index (χ4v) is 3.21. The smallest absolute Gasteiger partial charge is 0.230 e. The number of aromatic nitrogens is 1. The van der Waals surface area contributed by atoms with E-state index in [1.54, 1.807) is 18.4 Å². The van der Waals surface area contributed by atoms with Crippen LogP contribution < -0.4 is 5.32 Å². The molecule has 0 unspecified atom stereocenters. The Hall–Kier alpha value is -2.33. The van der Waals surface area contributed by atoms with Gasteiger partial charge in [-0.3, -0.25) is 4.79 Å². The molecule has 0 radical (unpaired) electrons. The molecule has 1 aliphatic rings. The molecule has 4 nitrogen and oxygen atoms in total. The van der Waals surface area contributed by atoms with Crippen molar-refractivity contribution in [3.05, 3.63) is 58.4 Å². The number of hydrogen-bond donors (Lipinski definition) is 1. The molecule has 1 aliphatic carbocycles. The molecular formula is C18H15ClN2O2. The molecule has 0 aliphatic heterocycles. The molecule has 2 heterocycles. The number of aryl methyl sites for hydroxylation is 2. The van der Waals surface area contributed by atoms with E-state index in [4.69, 9.17) is 16.0 Å². The lowest BCUT2D eigenvalue weighted by molar-refractivity contribution is -0.115. The quantitative estimate of drug-likeness (QED) is 0.786. The van der Waals surface area contributed by atoms with E-state index in [-0.39, 0.29) is 12.3 Å². The molecule has 2 aromatic heterocycles. The standard InChI is InChI=1S/C18H15ClN2O2/c19-14-4-5-17(20-9-14)21-18(22)8-13-10-23-16-7-12-3-1-2-11(12)6-15(13)16/h4-7,9-10H,1-3,8H2,(H,20,21,22). The summed E-state index contributed by atoms with van der Waals surface area (Å²) in [5.74, 6) is 0.371. The maximum Gasteiger partial charge on any atom is 0.230 e. The molecule has 0 saturated heterocycles. The monoisotopic (exact) mass is 326 g/mol. The van der Waals surface area contributed by atoms with Gasteiger partial charge in [-0.05, 0) is 54.7 Å². The molecule has 5 heteroatoms. The van der Waals surface area contributed by atoms with Crippen LogP contribution in [-0.4, -0.2) is 10.9 Å². The lowest BCUT2D eigenvalue weighted by Crippen LogP contribution is -2.15. The van der Waals surface area contributed by atoms with Gasteiger partial charge in [0.1, 0.15) is 11.4 Å². The second-order valence-corrected chi connectivity index (χ2v) is 6.25. The zero-order chi connectivity index (χ0) is 15.8. The van der Waals surface area contributed by atoms with Crippen molar-refractivity contribution < 1.29 is 9.21 Å². The average molecular weight is 327 g/mol. The van der Waals surface area contributed by atoms with Crippen LogP contribution in [0.25, 0.3) is 11.0 Å². The molecule has 1 aromatic carbocycles. The first kappa shape index (κ1) is 14.3. The largest absolute Gasteiger partial charge is 0.464 e. The number of nitrogens with zero attached hydrogens (tertiary/aromatic N) is 1. The molecule has 0 atom stereocenters. The van der Waals surface area contributed by atoms with Crippen LogP contribution in [0.2, 0.25) is 5.02 Å². The Bertz CT molecular complexity index is 884. The average Bonchev–Trinajstić information content (AvgIpc) is 3.14. The van der Waals surface area contributed by atoms with Gasteiger partial charge in [-0.2, -0.15) is 0 Å². The number of fused-ring (bicyclic) bond motifs is 2. The van der Waals surface area contributed by atoms with E-state index < -0.39 is 0 Å². The summed E-state index contributed by atoms with van der Waals surface area (Å²) in [6.45, 7) is 0. The minimum Gasteiger partial charge on any atom is -0.464 e. The molecule has 0 fully saturated rings. The first-order valence-electron chi connectivity index (χ1n) is 7.62. The number of furan rings is 1. The minimum atomic E-state index is -0.122. The van der Waals surface area contributed by atoms with E-state index in [1.165, 1.54) is 23.7 Å². The summed E-state index contributed by atoms with van der Waals surface area (Å²) in [5.41, 5.74) is 4.51. The summed E-state index contributed by atoms with van der Waals surface area (Å²) < 4.78 is 5.63. The van der Waals surface area contributed by atoms with E-state index >= 15 is 0 Å². The predicted molar refractivity (Wildman–Crippen MR) is 89.8 cm³/mol. The van der Waals surface area contributed by atoms with Crippen LogP contribution in [0.15, 0.2) is 41.1 Å². The van der Waals surface area contributed by atoms with Crippen LogP contribution >= 0.6 is 11.6 Å². The Morgan fingerprint density at radius 1 is 1.26 bits per heavy atom. The summed E-state index contributed by atoms with van der Waals surface area (Å²) in [4.78, 5) is 16.3. The Morgan fingerprint density at radius 2 is 2.09 bits per heavy atom. The SMILES string of the molecule is O=C(Cc1coc2cc3c(cc12)CCC3)Nc1ccc(Cl)cn1. The summed E-state index contributed by atoms with van der Waals surface area (Å²) in [5, 5.41) is 4.35. The lowest BCUT2D eigenvalue weighted by atomic mass is 10.0. The van der Waals surface area contributed by atoms with Crippen molar-refractivity contribution in [1.82, 2.24) is 4.98 Å². The van der Waals surface area contributed by atoms with Crippen molar-refractivity contribution in [3.63, 3.8) is 0 Å². The fourth-order valence-electron chi connectivity index (χ4n) is 3.09. The lowest BCUT2D eigenvalue weighted by Gasteiger charge is -2.04. The molecule has 23 heavy (non-hydrogen) atoms. The van der Waals surface area contributed by atoms with Crippen molar-refractivity contribution >= 4 is 34.3 Å². The predicted octanol–water partition coefficient (Wildman–Crippen LogP) is 4.15. The topological polar surface area (TPSA) is 55.1 Å². The van der Waals surface area contributed by atoms with Crippen molar-refractivity contribution in [2.75, 3.05) is 5.32 Å². The second kappa shape index (κ2) is 5.70. The van der Waals surface area contributed by atoms with E-state index in [2.05, 4.69) is 22.4 Å². The van der Waals surface area contributed by atoms with Crippen LogP contribution in [0.1, 0.15) is 23.1 Å². The number of amides is 1. The Kier molecular flexibility index (Phi) is 3.54. The van der Waals surface area contributed by atoms with Gasteiger partial charge >= 0.3 is 0 Å². The molecule has 1 N–H and O–H groups in total. The number of anilines is 1. The zero-order valence-electron chi connectivity index (χ0n) is 12.4.